The highest BCUT2D eigenvalue weighted by Crippen LogP contribution is 2.45. The number of aryl methyl sites for hydroxylation is 2. The van der Waals surface area contributed by atoms with Crippen LogP contribution in [-0.4, -0.2) is 212 Å². The Morgan fingerprint density at radius 2 is 1.27 bits per heavy atom. The molecule has 0 unspecified atom stereocenters. The Labute approximate surface area is 623 Å². The van der Waals surface area contributed by atoms with Crippen LogP contribution in [0.4, 0.5) is 0 Å². The molecular formula is C78H112ClN5O21. The molecule has 2 heterocycles. The number of hydrogen-bond donors (Lipinski definition) is 5. The quantitative estimate of drug-likeness (QED) is 0.0209. The molecule has 582 valence electrons. The fourth-order valence-electron chi connectivity index (χ4n) is 11.2. The Morgan fingerprint density at radius 1 is 0.695 bits per heavy atom. The van der Waals surface area contributed by atoms with Gasteiger partial charge in [-0.15, -0.1) is 0 Å². The predicted molar refractivity (Wildman–Crippen MR) is 391 cm³/mol. The number of ketones is 2. The maximum absolute atomic E-state index is 14.1. The van der Waals surface area contributed by atoms with Crippen molar-refractivity contribution in [3.05, 3.63) is 117 Å². The summed E-state index contributed by atoms with van der Waals surface area (Å²) in [5.74, 6) is -6.44. The van der Waals surface area contributed by atoms with Gasteiger partial charge in [-0.25, -0.2) is 4.79 Å². The number of carbonyl (C=O) groups excluding carboxylic acids is 9. The molecule has 2 aliphatic heterocycles. The van der Waals surface area contributed by atoms with Gasteiger partial charge in [0.1, 0.15) is 36.7 Å². The SMILES string of the molecule is COCCOCCOCCOCCOCCOCCOCCC(=O)N(CCC(=O)O)CCC(=O)C[C@H](C(=O)N[C@@H](C)C(=O)Cc1ccc(COC(=O)CCc2ccc([C@H]3O[C@@H]3[C@@H](C)[C@@H]3C/C=C/C(=O)N[C@H](Cc4ccc(C)c(Cl)c4)C(=O)NCC(C)(C)C(=O)N[C@@H](CC(C)C)C(=O)O3)cc2)cc1)C(C)C. The molecule has 0 aliphatic carbocycles. The minimum Gasteiger partial charge on any atom is -0.481 e. The summed E-state index contributed by atoms with van der Waals surface area (Å²) in [7, 11) is 1.62. The molecular weight excluding hydrogens is 1380 g/mol. The van der Waals surface area contributed by atoms with Crippen LogP contribution in [0, 0.1) is 36.0 Å². The number of Topliss-reactive ketones (excluding diaryl/α,β-unsaturated/α-hetero) is 2. The van der Waals surface area contributed by atoms with Crippen molar-refractivity contribution in [2.24, 2.45) is 29.1 Å². The molecule has 0 spiro atoms. The molecule has 0 bridgehead atoms. The van der Waals surface area contributed by atoms with E-state index in [1.807, 2.05) is 64.1 Å². The number of cyclic esters (lactones) is 1. The second-order valence-corrected chi connectivity index (χ2v) is 28.4. The van der Waals surface area contributed by atoms with E-state index >= 15 is 0 Å². The Balaban J connectivity index is 1.01. The Kier molecular flexibility index (Phi) is 39.6. The number of ether oxygens (including phenoxy) is 10. The van der Waals surface area contributed by atoms with Crippen molar-refractivity contribution < 1.29 is 100 Å². The highest BCUT2D eigenvalue weighted by atomic mass is 35.5. The highest BCUT2D eigenvalue weighted by Gasteiger charge is 2.48. The van der Waals surface area contributed by atoms with Gasteiger partial charge >= 0.3 is 17.9 Å². The topological polar surface area (TPSA) is 338 Å². The van der Waals surface area contributed by atoms with Crippen molar-refractivity contribution >= 4 is 70.6 Å². The van der Waals surface area contributed by atoms with Gasteiger partial charge in [0.25, 0.3) is 0 Å². The average molecular weight is 1490 g/mol. The number of carboxylic acid groups (broad SMARTS) is 1. The van der Waals surface area contributed by atoms with E-state index in [4.69, 9.17) is 59.0 Å². The van der Waals surface area contributed by atoms with Crippen molar-refractivity contribution in [1.29, 1.82) is 0 Å². The summed E-state index contributed by atoms with van der Waals surface area (Å²) in [5.41, 5.74) is 3.59. The third-order valence-electron chi connectivity index (χ3n) is 18.0. The standard InChI is InChI=1S/C78H112ClN5O21/c1-51(2)44-65-76(94)104-67(12-11-13-68(87)82-64(46-59-15-14-53(5)63(79)45-59)75(93)80-50-78(8,9)77(95)83-65)54(6)72-73(105-72)60-23-20-56(21-24-60)22-25-71(91)103-49-58-18-16-57(17-19-58)47-66(86)55(7)81-74(92)62(52(3)4)48-61(85)26-29-84(30-27-70(89)90)69(88)28-31-97-34-35-99-38-39-101-42-43-102-41-40-100-37-36-98-33-32-96-10/h11,13-21,23-24,45,51-52,54-55,62,64-65,67,72-73H,12,22,25-44,46-50H2,1-10H3,(H,80,93)(H,81,92)(H,82,87)(H,83,95)(H,89,90)/b13-11+/t54-,55-,62-,64+,65-,67-,72+,73+/m0/s1. The van der Waals surface area contributed by atoms with Crippen LogP contribution in [0.1, 0.15) is 140 Å². The van der Waals surface area contributed by atoms with Crippen LogP contribution in [0.3, 0.4) is 0 Å². The number of epoxide rings is 1. The summed E-state index contributed by atoms with van der Waals surface area (Å²) >= 11 is 6.41. The number of carbonyl (C=O) groups is 10. The summed E-state index contributed by atoms with van der Waals surface area (Å²) in [5, 5.41) is 21.2. The maximum Gasteiger partial charge on any atom is 0.328 e. The molecule has 5 amide bonds. The number of hydrogen-bond acceptors (Lipinski definition) is 20. The Morgan fingerprint density at radius 3 is 1.85 bits per heavy atom. The van der Waals surface area contributed by atoms with E-state index in [1.165, 1.54) is 11.0 Å². The van der Waals surface area contributed by atoms with E-state index < -0.39 is 77.1 Å². The number of amides is 5. The third-order valence-corrected chi connectivity index (χ3v) is 18.4. The highest BCUT2D eigenvalue weighted by molar-refractivity contribution is 6.31. The first-order valence-corrected chi connectivity index (χ1v) is 36.8. The van der Waals surface area contributed by atoms with Crippen LogP contribution in [0.15, 0.2) is 78.9 Å². The van der Waals surface area contributed by atoms with Crippen molar-refractivity contribution in [3.8, 4) is 0 Å². The normalized spacial score (nSPS) is 19.0. The van der Waals surface area contributed by atoms with Crippen molar-refractivity contribution in [1.82, 2.24) is 26.2 Å². The fourth-order valence-corrected chi connectivity index (χ4v) is 11.5. The van der Waals surface area contributed by atoms with Crippen LogP contribution >= 0.6 is 11.6 Å². The summed E-state index contributed by atoms with van der Waals surface area (Å²) in [6, 6.07) is 17.2. The number of halogens is 1. The number of rotatable bonds is 47. The number of aliphatic carboxylic acids is 1. The Hall–Kier alpha value is -7.53. The predicted octanol–water partition coefficient (Wildman–Crippen LogP) is 7.35. The molecule has 27 heteroatoms. The van der Waals surface area contributed by atoms with Gasteiger partial charge in [0, 0.05) is 82.1 Å². The molecule has 8 atom stereocenters. The molecule has 5 N–H and O–H groups in total. The van der Waals surface area contributed by atoms with Crippen LogP contribution in [0.2, 0.25) is 5.02 Å². The lowest BCUT2D eigenvalue weighted by Crippen LogP contribution is -2.54. The summed E-state index contributed by atoms with van der Waals surface area (Å²) in [4.78, 5) is 134. The first-order chi connectivity index (χ1) is 50.1. The Bertz CT molecular complexity index is 3270. The maximum atomic E-state index is 14.1. The van der Waals surface area contributed by atoms with Crippen molar-refractivity contribution in [2.45, 2.75) is 170 Å². The van der Waals surface area contributed by atoms with E-state index in [2.05, 4.69) is 21.3 Å². The minimum absolute atomic E-state index is 0.00228. The monoisotopic (exact) mass is 1490 g/mol. The van der Waals surface area contributed by atoms with Crippen LogP contribution in [0.25, 0.3) is 0 Å². The van der Waals surface area contributed by atoms with Crippen molar-refractivity contribution in [3.63, 3.8) is 0 Å². The smallest absolute Gasteiger partial charge is 0.328 e. The number of carboxylic acids is 1. The van der Waals surface area contributed by atoms with Gasteiger partial charge in [0.2, 0.25) is 29.5 Å². The first kappa shape index (κ1) is 88.1. The van der Waals surface area contributed by atoms with Gasteiger partial charge < -0.3 is 78.6 Å². The van der Waals surface area contributed by atoms with Gasteiger partial charge in [-0.3, -0.25) is 43.2 Å². The van der Waals surface area contributed by atoms with E-state index in [-0.39, 0.29) is 145 Å². The molecule has 105 heavy (non-hydrogen) atoms. The lowest BCUT2D eigenvalue weighted by atomic mass is 9.88. The first-order valence-electron chi connectivity index (χ1n) is 36.4. The molecule has 5 rings (SSSR count). The molecule has 1 saturated heterocycles. The molecule has 3 aromatic rings. The van der Waals surface area contributed by atoms with Gasteiger partial charge in [0.05, 0.1) is 116 Å². The summed E-state index contributed by atoms with van der Waals surface area (Å²) in [6.45, 7) is 20.9. The van der Waals surface area contributed by atoms with Gasteiger partial charge in [-0.05, 0) is 97.9 Å². The zero-order valence-electron chi connectivity index (χ0n) is 62.8. The largest absolute Gasteiger partial charge is 0.481 e. The summed E-state index contributed by atoms with van der Waals surface area (Å²) < 4.78 is 55.8. The molecule has 3 aromatic carbocycles. The number of methoxy groups -OCH3 is 1. The lowest BCUT2D eigenvalue weighted by molar-refractivity contribution is -0.157. The van der Waals surface area contributed by atoms with Crippen LogP contribution < -0.4 is 21.3 Å². The number of benzene rings is 3. The van der Waals surface area contributed by atoms with E-state index in [0.29, 0.717) is 95.1 Å². The molecule has 1 fully saturated rings. The number of nitrogens with one attached hydrogen (secondary N) is 4. The molecule has 0 radical (unpaired) electrons. The third kappa shape index (κ3) is 33.9. The zero-order valence-corrected chi connectivity index (χ0v) is 63.6. The summed E-state index contributed by atoms with van der Waals surface area (Å²) in [6.07, 6.45) is 1.91. The van der Waals surface area contributed by atoms with Crippen LogP contribution in [0.5, 0.6) is 0 Å². The minimum atomic E-state index is -1.15. The number of nitrogens with zero attached hydrogens (tertiary/aromatic N) is 1. The molecule has 2 aliphatic rings. The van der Waals surface area contributed by atoms with E-state index in [0.717, 1.165) is 22.3 Å². The second kappa shape index (κ2) is 47.2. The van der Waals surface area contributed by atoms with E-state index in [9.17, 15) is 53.1 Å². The number of esters is 2. The molecule has 26 nitrogen and oxygen atoms in total. The van der Waals surface area contributed by atoms with Crippen LogP contribution in [-0.2, 0) is 121 Å². The lowest BCUT2D eigenvalue weighted by Gasteiger charge is -2.30. The van der Waals surface area contributed by atoms with Gasteiger partial charge in [-0.1, -0.05) is 113 Å². The second-order valence-electron chi connectivity index (χ2n) is 28.0. The van der Waals surface area contributed by atoms with Gasteiger partial charge in [-0.2, -0.15) is 0 Å². The van der Waals surface area contributed by atoms with E-state index in [1.54, 1.807) is 78.1 Å². The van der Waals surface area contributed by atoms with Gasteiger partial charge in [0.15, 0.2) is 5.78 Å². The molecule has 0 saturated carbocycles. The zero-order chi connectivity index (χ0) is 76.8. The average Bonchev–Trinajstić information content (AvgIpc) is 1.63. The van der Waals surface area contributed by atoms with Crippen molar-refractivity contribution in [2.75, 3.05) is 113 Å². The fraction of sp³-hybridized carbons (Fsp3) is 0.615. The molecule has 0 aromatic heterocycles.